The summed E-state index contributed by atoms with van der Waals surface area (Å²) < 4.78 is 2.00. The van der Waals surface area contributed by atoms with Gasteiger partial charge in [-0.25, -0.2) is 4.98 Å². The average Bonchev–Trinajstić information content (AvgIpc) is 3.12. The molecule has 3 nitrogen and oxygen atoms in total. The Morgan fingerprint density at radius 2 is 1.83 bits per heavy atom. The van der Waals surface area contributed by atoms with Crippen LogP contribution >= 0.6 is 11.6 Å². The fraction of sp³-hybridized carbons (Fsp3) is 0.211. The van der Waals surface area contributed by atoms with E-state index < -0.39 is 0 Å². The summed E-state index contributed by atoms with van der Waals surface area (Å²) in [5, 5.41) is 4.39. The van der Waals surface area contributed by atoms with Crippen LogP contribution in [0.5, 0.6) is 0 Å². The van der Waals surface area contributed by atoms with Crippen molar-refractivity contribution >= 4 is 11.6 Å². The van der Waals surface area contributed by atoms with E-state index in [-0.39, 0.29) is 0 Å². The molecule has 1 N–H and O–H groups in total. The third-order valence-electron chi connectivity index (χ3n) is 3.97. The lowest BCUT2D eigenvalue weighted by Gasteiger charge is -2.18. The molecule has 4 heteroatoms. The highest BCUT2D eigenvalue weighted by molar-refractivity contribution is 6.30. The molecule has 1 heterocycles. The number of hydrogen-bond donors (Lipinski definition) is 1. The molecule has 0 saturated heterocycles. The first-order valence-corrected chi connectivity index (χ1v) is 8.20. The standard InChI is InChI=1S/C19H20ClN3/c1-2-19(16-5-7-17(20)8-6-16)22-13-15-3-9-18(10-4-15)23-12-11-21-14-23/h3-12,14,19,22H,2,13H2,1H3. The molecular formula is C19H20ClN3. The second-order valence-corrected chi connectivity index (χ2v) is 5.97. The molecule has 0 radical (unpaired) electrons. The number of benzene rings is 2. The third kappa shape index (κ3) is 4.01. The van der Waals surface area contributed by atoms with Gasteiger partial charge in [-0.15, -0.1) is 0 Å². The van der Waals surface area contributed by atoms with Crippen LogP contribution in [0, 0.1) is 0 Å². The molecule has 2 aromatic carbocycles. The second-order valence-electron chi connectivity index (χ2n) is 5.53. The lowest BCUT2D eigenvalue weighted by Crippen LogP contribution is -2.20. The van der Waals surface area contributed by atoms with E-state index in [9.17, 15) is 0 Å². The smallest absolute Gasteiger partial charge is 0.0991 e. The summed E-state index contributed by atoms with van der Waals surface area (Å²) >= 11 is 5.96. The summed E-state index contributed by atoms with van der Waals surface area (Å²) in [6.07, 6.45) is 6.57. The molecule has 0 amide bonds. The van der Waals surface area contributed by atoms with E-state index in [1.54, 1.807) is 12.5 Å². The Hall–Kier alpha value is -2.10. The quantitative estimate of drug-likeness (QED) is 0.707. The molecule has 118 valence electrons. The molecule has 3 aromatic rings. The average molecular weight is 326 g/mol. The first-order valence-electron chi connectivity index (χ1n) is 7.82. The van der Waals surface area contributed by atoms with E-state index in [0.717, 1.165) is 23.7 Å². The van der Waals surface area contributed by atoms with E-state index in [0.29, 0.717) is 6.04 Å². The van der Waals surface area contributed by atoms with Crippen LogP contribution in [-0.2, 0) is 6.54 Å². The monoisotopic (exact) mass is 325 g/mol. The van der Waals surface area contributed by atoms with Gasteiger partial charge < -0.3 is 9.88 Å². The molecule has 1 atom stereocenters. The molecular weight excluding hydrogens is 306 g/mol. The minimum Gasteiger partial charge on any atom is -0.306 e. The summed E-state index contributed by atoms with van der Waals surface area (Å²) in [5.74, 6) is 0. The van der Waals surface area contributed by atoms with Crippen molar-refractivity contribution in [2.45, 2.75) is 25.9 Å². The van der Waals surface area contributed by atoms with E-state index >= 15 is 0 Å². The Balaban J connectivity index is 1.63. The van der Waals surface area contributed by atoms with Gasteiger partial charge in [-0.3, -0.25) is 0 Å². The topological polar surface area (TPSA) is 29.9 Å². The molecule has 0 aliphatic carbocycles. The molecule has 0 aliphatic heterocycles. The van der Waals surface area contributed by atoms with Crippen molar-refractivity contribution in [1.82, 2.24) is 14.9 Å². The fourth-order valence-electron chi connectivity index (χ4n) is 2.63. The summed E-state index contributed by atoms with van der Waals surface area (Å²) in [4.78, 5) is 4.07. The van der Waals surface area contributed by atoms with Gasteiger partial charge in [0.25, 0.3) is 0 Å². The predicted octanol–water partition coefficient (Wildman–Crippen LogP) is 4.77. The van der Waals surface area contributed by atoms with Crippen molar-refractivity contribution < 1.29 is 0 Å². The van der Waals surface area contributed by atoms with Crippen LogP contribution in [0.3, 0.4) is 0 Å². The van der Waals surface area contributed by atoms with Crippen LogP contribution < -0.4 is 5.32 Å². The molecule has 0 saturated carbocycles. The van der Waals surface area contributed by atoms with E-state index in [1.165, 1.54) is 11.1 Å². The number of rotatable bonds is 6. The van der Waals surface area contributed by atoms with Gasteiger partial charge in [0.05, 0.1) is 6.33 Å². The van der Waals surface area contributed by atoms with Crippen LogP contribution in [0.2, 0.25) is 5.02 Å². The van der Waals surface area contributed by atoms with Crippen LogP contribution in [-0.4, -0.2) is 9.55 Å². The largest absolute Gasteiger partial charge is 0.306 e. The summed E-state index contributed by atoms with van der Waals surface area (Å²) in [6.45, 7) is 3.03. The van der Waals surface area contributed by atoms with Gasteiger partial charge in [0.15, 0.2) is 0 Å². The van der Waals surface area contributed by atoms with Gasteiger partial charge in [-0.05, 0) is 41.8 Å². The van der Waals surface area contributed by atoms with Crippen molar-refractivity contribution in [2.24, 2.45) is 0 Å². The summed E-state index contributed by atoms with van der Waals surface area (Å²) in [7, 11) is 0. The van der Waals surface area contributed by atoms with Gasteiger partial charge in [0.1, 0.15) is 0 Å². The molecule has 1 unspecified atom stereocenters. The highest BCUT2D eigenvalue weighted by Crippen LogP contribution is 2.20. The number of nitrogens with zero attached hydrogens (tertiary/aromatic N) is 2. The van der Waals surface area contributed by atoms with Crippen LogP contribution in [0.4, 0.5) is 0 Å². The Bertz CT molecular complexity index is 718. The number of aromatic nitrogens is 2. The van der Waals surface area contributed by atoms with Crippen molar-refractivity contribution in [2.75, 3.05) is 0 Å². The van der Waals surface area contributed by atoms with Crippen LogP contribution in [0.25, 0.3) is 5.69 Å². The molecule has 0 spiro atoms. The van der Waals surface area contributed by atoms with E-state index in [2.05, 4.69) is 53.6 Å². The summed E-state index contributed by atoms with van der Waals surface area (Å²) in [6, 6.07) is 16.9. The SMILES string of the molecule is CCC(NCc1ccc(-n2ccnc2)cc1)c1ccc(Cl)cc1. The minimum absolute atomic E-state index is 0.334. The Labute approximate surface area is 141 Å². The van der Waals surface area contributed by atoms with Crippen molar-refractivity contribution in [3.8, 4) is 5.69 Å². The molecule has 0 bridgehead atoms. The highest BCUT2D eigenvalue weighted by Gasteiger charge is 2.08. The van der Waals surface area contributed by atoms with Crippen LogP contribution in [0.1, 0.15) is 30.5 Å². The first-order chi connectivity index (χ1) is 11.3. The van der Waals surface area contributed by atoms with Crippen molar-refractivity contribution in [3.05, 3.63) is 83.4 Å². The van der Waals surface area contributed by atoms with Crippen molar-refractivity contribution in [1.29, 1.82) is 0 Å². The van der Waals surface area contributed by atoms with Gasteiger partial charge in [0, 0.05) is 35.7 Å². The number of nitrogens with one attached hydrogen (secondary N) is 1. The van der Waals surface area contributed by atoms with Gasteiger partial charge in [0.2, 0.25) is 0 Å². The lowest BCUT2D eigenvalue weighted by molar-refractivity contribution is 0.519. The highest BCUT2D eigenvalue weighted by atomic mass is 35.5. The Kier molecular flexibility index (Phi) is 5.11. The zero-order valence-corrected chi connectivity index (χ0v) is 13.9. The molecule has 3 rings (SSSR count). The maximum absolute atomic E-state index is 5.96. The van der Waals surface area contributed by atoms with E-state index in [4.69, 9.17) is 11.6 Å². The zero-order chi connectivity index (χ0) is 16.1. The Morgan fingerprint density at radius 3 is 2.43 bits per heavy atom. The fourth-order valence-corrected chi connectivity index (χ4v) is 2.76. The normalized spacial score (nSPS) is 12.3. The molecule has 1 aromatic heterocycles. The molecule has 23 heavy (non-hydrogen) atoms. The lowest BCUT2D eigenvalue weighted by atomic mass is 10.0. The number of hydrogen-bond acceptors (Lipinski definition) is 2. The number of imidazole rings is 1. The molecule has 0 aliphatic rings. The van der Waals surface area contributed by atoms with Gasteiger partial charge >= 0.3 is 0 Å². The van der Waals surface area contributed by atoms with E-state index in [1.807, 2.05) is 22.9 Å². The van der Waals surface area contributed by atoms with Crippen LogP contribution in [0.15, 0.2) is 67.3 Å². The third-order valence-corrected chi connectivity index (χ3v) is 4.22. The zero-order valence-electron chi connectivity index (χ0n) is 13.1. The maximum Gasteiger partial charge on any atom is 0.0991 e. The molecule has 0 fully saturated rings. The first kappa shape index (κ1) is 15.8. The second kappa shape index (κ2) is 7.44. The maximum atomic E-state index is 5.96. The van der Waals surface area contributed by atoms with Gasteiger partial charge in [-0.1, -0.05) is 42.8 Å². The number of halogens is 1. The minimum atomic E-state index is 0.334. The van der Waals surface area contributed by atoms with Crippen molar-refractivity contribution in [3.63, 3.8) is 0 Å². The predicted molar refractivity (Wildman–Crippen MR) is 94.9 cm³/mol. The summed E-state index contributed by atoms with van der Waals surface area (Å²) in [5.41, 5.74) is 3.66. The Morgan fingerprint density at radius 1 is 1.09 bits per heavy atom. The van der Waals surface area contributed by atoms with Gasteiger partial charge in [-0.2, -0.15) is 0 Å².